The molecule has 3 rings (SSSR count). The number of carbonyl (C=O) groups is 1. The van der Waals surface area contributed by atoms with Crippen molar-refractivity contribution in [1.82, 2.24) is 20.3 Å². The average Bonchev–Trinajstić information content (AvgIpc) is 3.18. The Bertz CT molecular complexity index is 579. The highest BCUT2D eigenvalue weighted by Crippen LogP contribution is 2.17. The predicted molar refractivity (Wildman–Crippen MR) is 68.8 cm³/mol. The number of aromatic nitrogens is 3. The third-order valence-corrected chi connectivity index (χ3v) is 3.06. The van der Waals surface area contributed by atoms with Crippen LogP contribution in [0.2, 0.25) is 0 Å². The number of ether oxygens (including phenoxy) is 1. The van der Waals surface area contributed by atoms with Crippen molar-refractivity contribution in [2.24, 2.45) is 0 Å². The quantitative estimate of drug-likeness (QED) is 0.895. The van der Waals surface area contributed by atoms with E-state index in [0.717, 1.165) is 19.4 Å². The second-order valence-corrected chi connectivity index (χ2v) is 4.44. The minimum absolute atomic E-state index is 0.0841. The van der Waals surface area contributed by atoms with Gasteiger partial charge in [-0.05, 0) is 12.8 Å². The smallest absolute Gasteiger partial charge is 0.272 e. The Balaban J connectivity index is 1.74. The van der Waals surface area contributed by atoms with Crippen LogP contribution in [0.4, 0.5) is 0 Å². The molecule has 1 atom stereocenters. The molecular formula is C13H14N4O3. The Kier molecular flexibility index (Phi) is 3.69. The first-order chi connectivity index (χ1) is 9.84. The zero-order valence-electron chi connectivity index (χ0n) is 10.8. The Morgan fingerprint density at radius 2 is 2.20 bits per heavy atom. The molecule has 0 aliphatic carbocycles. The fourth-order valence-corrected chi connectivity index (χ4v) is 2.10. The van der Waals surface area contributed by atoms with Gasteiger partial charge in [-0.2, -0.15) is 0 Å². The lowest BCUT2D eigenvalue weighted by molar-refractivity contribution is 0.0854. The van der Waals surface area contributed by atoms with E-state index in [4.69, 9.17) is 9.15 Å². The molecule has 0 spiro atoms. The number of hydrogen-bond acceptors (Lipinski definition) is 6. The molecule has 1 N–H and O–H groups in total. The van der Waals surface area contributed by atoms with Crippen LogP contribution in [-0.2, 0) is 4.74 Å². The largest absolute Gasteiger partial charge is 0.443 e. The summed E-state index contributed by atoms with van der Waals surface area (Å²) in [6, 6.07) is 0. The number of nitrogens with one attached hydrogen (secondary N) is 1. The van der Waals surface area contributed by atoms with Gasteiger partial charge in [-0.15, -0.1) is 0 Å². The fourth-order valence-electron chi connectivity index (χ4n) is 2.10. The molecule has 2 aromatic heterocycles. The van der Waals surface area contributed by atoms with Crippen molar-refractivity contribution < 1.29 is 13.9 Å². The van der Waals surface area contributed by atoms with Gasteiger partial charge in [-0.25, -0.2) is 15.0 Å². The van der Waals surface area contributed by atoms with Crippen molar-refractivity contribution in [3.63, 3.8) is 0 Å². The van der Waals surface area contributed by atoms with Crippen LogP contribution in [0, 0.1) is 0 Å². The third-order valence-electron chi connectivity index (χ3n) is 3.06. The zero-order chi connectivity index (χ0) is 13.8. The second-order valence-electron chi connectivity index (χ2n) is 4.44. The average molecular weight is 274 g/mol. The number of rotatable bonds is 4. The first-order valence-corrected chi connectivity index (χ1v) is 6.45. The summed E-state index contributed by atoms with van der Waals surface area (Å²) < 4.78 is 10.6. The molecule has 0 bridgehead atoms. The fraction of sp³-hybridized carbons (Fsp3) is 0.385. The third kappa shape index (κ3) is 2.67. The molecule has 0 radical (unpaired) electrons. The summed E-state index contributed by atoms with van der Waals surface area (Å²) in [6.07, 6.45) is 7.97. The summed E-state index contributed by atoms with van der Waals surface area (Å²) in [6.45, 7) is 1.23. The summed E-state index contributed by atoms with van der Waals surface area (Å²) >= 11 is 0. The van der Waals surface area contributed by atoms with Crippen LogP contribution < -0.4 is 5.32 Å². The van der Waals surface area contributed by atoms with E-state index in [2.05, 4.69) is 20.3 Å². The van der Waals surface area contributed by atoms with Gasteiger partial charge < -0.3 is 14.5 Å². The molecule has 1 aliphatic heterocycles. The van der Waals surface area contributed by atoms with Crippen molar-refractivity contribution in [2.75, 3.05) is 13.2 Å². The van der Waals surface area contributed by atoms with Gasteiger partial charge in [0.15, 0.2) is 11.4 Å². The first-order valence-electron chi connectivity index (χ1n) is 6.45. The van der Waals surface area contributed by atoms with Gasteiger partial charge in [0.1, 0.15) is 6.26 Å². The Morgan fingerprint density at radius 3 is 2.95 bits per heavy atom. The Morgan fingerprint density at radius 1 is 1.30 bits per heavy atom. The van der Waals surface area contributed by atoms with E-state index >= 15 is 0 Å². The summed E-state index contributed by atoms with van der Waals surface area (Å²) in [5, 5.41) is 2.81. The summed E-state index contributed by atoms with van der Waals surface area (Å²) in [7, 11) is 0. The van der Waals surface area contributed by atoms with Gasteiger partial charge in [0.25, 0.3) is 5.91 Å². The van der Waals surface area contributed by atoms with E-state index in [1.807, 2.05) is 0 Å². The Hall–Kier alpha value is -2.28. The molecule has 0 saturated carbocycles. The van der Waals surface area contributed by atoms with Crippen molar-refractivity contribution in [2.45, 2.75) is 18.9 Å². The highest BCUT2D eigenvalue weighted by atomic mass is 16.5. The molecule has 104 valence electrons. The molecule has 20 heavy (non-hydrogen) atoms. The van der Waals surface area contributed by atoms with Gasteiger partial charge in [0.2, 0.25) is 5.89 Å². The van der Waals surface area contributed by atoms with Crippen LogP contribution in [-0.4, -0.2) is 40.1 Å². The molecule has 1 saturated heterocycles. The Labute approximate surface area is 115 Å². The molecular weight excluding hydrogens is 260 g/mol. The SMILES string of the molecule is O=C(NCC1CCCO1)c1nccnc1-c1ncco1. The topological polar surface area (TPSA) is 90.1 Å². The van der Waals surface area contributed by atoms with Gasteiger partial charge in [0.05, 0.1) is 12.3 Å². The van der Waals surface area contributed by atoms with Crippen molar-refractivity contribution in [3.8, 4) is 11.6 Å². The van der Waals surface area contributed by atoms with Crippen molar-refractivity contribution in [1.29, 1.82) is 0 Å². The summed E-state index contributed by atoms with van der Waals surface area (Å²) in [5.74, 6) is -0.0258. The maximum absolute atomic E-state index is 12.2. The van der Waals surface area contributed by atoms with Crippen LogP contribution in [0.1, 0.15) is 23.3 Å². The first kappa shape index (κ1) is 12.7. The highest BCUT2D eigenvalue weighted by molar-refractivity contribution is 5.97. The van der Waals surface area contributed by atoms with Gasteiger partial charge in [-0.1, -0.05) is 0 Å². The second kappa shape index (κ2) is 5.79. The zero-order valence-corrected chi connectivity index (χ0v) is 10.8. The van der Waals surface area contributed by atoms with Crippen molar-refractivity contribution in [3.05, 3.63) is 30.5 Å². The number of amides is 1. The van der Waals surface area contributed by atoms with E-state index in [1.54, 1.807) is 0 Å². The van der Waals surface area contributed by atoms with E-state index in [9.17, 15) is 4.79 Å². The van der Waals surface area contributed by atoms with Crippen LogP contribution in [0.3, 0.4) is 0 Å². The monoisotopic (exact) mass is 274 g/mol. The molecule has 1 aliphatic rings. The lowest BCUT2D eigenvalue weighted by atomic mass is 10.2. The molecule has 2 aromatic rings. The molecule has 3 heterocycles. The van der Waals surface area contributed by atoms with Gasteiger partial charge in [0, 0.05) is 25.5 Å². The molecule has 7 nitrogen and oxygen atoms in total. The lowest BCUT2D eigenvalue weighted by Crippen LogP contribution is -2.32. The van der Waals surface area contributed by atoms with Crippen LogP contribution in [0.5, 0.6) is 0 Å². The minimum Gasteiger partial charge on any atom is -0.443 e. The van der Waals surface area contributed by atoms with Crippen LogP contribution >= 0.6 is 0 Å². The lowest BCUT2D eigenvalue weighted by Gasteiger charge is -2.11. The molecule has 7 heteroatoms. The number of nitrogens with zero attached hydrogens (tertiary/aromatic N) is 3. The summed E-state index contributed by atoms with van der Waals surface area (Å²) in [4.78, 5) is 24.3. The van der Waals surface area contributed by atoms with Gasteiger partial charge in [-0.3, -0.25) is 4.79 Å². The van der Waals surface area contributed by atoms with E-state index in [1.165, 1.54) is 24.9 Å². The molecule has 1 fully saturated rings. The number of hydrogen-bond donors (Lipinski definition) is 1. The van der Waals surface area contributed by atoms with E-state index < -0.39 is 0 Å². The predicted octanol–water partition coefficient (Wildman–Crippen LogP) is 1.04. The van der Waals surface area contributed by atoms with E-state index in [0.29, 0.717) is 12.2 Å². The highest BCUT2D eigenvalue weighted by Gasteiger charge is 2.21. The molecule has 1 unspecified atom stereocenters. The minimum atomic E-state index is -0.304. The van der Waals surface area contributed by atoms with E-state index in [-0.39, 0.29) is 23.6 Å². The van der Waals surface area contributed by atoms with Crippen LogP contribution in [0.15, 0.2) is 29.3 Å². The normalized spacial score (nSPS) is 18.1. The standard InChI is InChI=1S/C13H14N4O3/c18-12(17-8-9-2-1-6-19-9)10-11(15-4-3-14-10)13-16-5-7-20-13/h3-5,7,9H,1-2,6,8H2,(H,17,18). The van der Waals surface area contributed by atoms with Crippen molar-refractivity contribution >= 4 is 5.91 Å². The number of carbonyl (C=O) groups excluding carboxylic acids is 1. The molecule has 0 aromatic carbocycles. The maximum atomic E-state index is 12.2. The number of oxazole rings is 1. The molecule has 1 amide bonds. The summed E-state index contributed by atoms with van der Waals surface area (Å²) in [5.41, 5.74) is 0.537. The van der Waals surface area contributed by atoms with Crippen LogP contribution in [0.25, 0.3) is 11.6 Å². The maximum Gasteiger partial charge on any atom is 0.272 e. The van der Waals surface area contributed by atoms with Gasteiger partial charge >= 0.3 is 0 Å².